The van der Waals surface area contributed by atoms with Crippen LogP contribution in [0.3, 0.4) is 0 Å². The fourth-order valence-electron chi connectivity index (χ4n) is 0.843. The standard InChI is InChI=1S/C7H8ClNO3S/c1-5-2-3-6(8)4-7(5)9-13(10,11)12/h2-4,9H,1H3,(H,10,11,12). The minimum Gasteiger partial charge on any atom is -0.269 e. The van der Waals surface area contributed by atoms with Crippen molar-refractivity contribution in [3.05, 3.63) is 28.8 Å². The summed E-state index contributed by atoms with van der Waals surface area (Å²) in [5, 5.41) is 0.400. The molecule has 0 aliphatic carbocycles. The number of aryl methyl sites for hydroxylation is 1. The SMILES string of the molecule is Cc1ccc(Cl)cc1NS(=O)(=O)O. The maximum absolute atomic E-state index is 10.5. The molecular formula is C7H8ClNO3S. The smallest absolute Gasteiger partial charge is 0.269 e. The van der Waals surface area contributed by atoms with Crippen LogP contribution in [0.25, 0.3) is 0 Å². The Bertz CT molecular complexity index is 416. The second kappa shape index (κ2) is 3.53. The average molecular weight is 222 g/mol. The third kappa shape index (κ3) is 3.22. The molecule has 0 aliphatic heterocycles. The summed E-state index contributed by atoms with van der Waals surface area (Å²) in [6, 6.07) is 4.70. The molecule has 0 spiro atoms. The van der Waals surface area contributed by atoms with E-state index in [2.05, 4.69) is 0 Å². The van der Waals surface area contributed by atoms with Crippen LogP contribution in [0.1, 0.15) is 5.56 Å². The van der Waals surface area contributed by atoms with Crippen LogP contribution in [0.2, 0.25) is 5.02 Å². The van der Waals surface area contributed by atoms with Gasteiger partial charge in [-0.2, -0.15) is 8.42 Å². The van der Waals surface area contributed by atoms with E-state index in [0.717, 1.165) is 0 Å². The van der Waals surface area contributed by atoms with Crippen molar-refractivity contribution >= 4 is 27.6 Å². The molecule has 0 atom stereocenters. The molecule has 0 aliphatic rings. The molecule has 6 heteroatoms. The number of benzene rings is 1. The van der Waals surface area contributed by atoms with E-state index in [0.29, 0.717) is 10.6 Å². The van der Waals surface area contributed by atoms with Crippen molar-refractivity contribution in [1.29, 1.82) is 0 Å². The van der Waals surface area contributed by atoms with E-state index in [1.54, 1.807) is 19.1 Å². The Kier molecular flexibility index (Phi) is 2.80. The van der Waals surface area contributed by atoms with Gasteiger partial charge in [0, 0.05) is 5.02 Å². The van der Waals surface area contributed by atoms with Gasteiger partial charge in [-0.3, -0.25) is 9.27 Å². The van der Waals surface area contributed by atoms with Crippen molar-refractivity contribution in [3.8, 4) is 0 Å². The van der Waals surface area contributed by atoms with E-state index in [9.17, 15) is 8.42 Å². The molecule has 0 aromatic heterocycles. The summed E-state index contributed by atoms with van der Waals surface area (Å²) in [7, 11) is -4.23. The lowest BCUT2D eigenvalue weighted by atomic mass is 10.2. The molecule has 13 heavy (non-hydrogen) atoms. The predicted molar refractivity (Wildman–Crippen MR) is 51.4 cm³/mol. The Hall–Kier alpha value is -0.780. The Morgan fingerprint density at radius 3 is 2.62 bits per heavy atom. The molecule has 0 unspecified atom stereocenters. The lowest BCUT2D eigenvalue weighted by Gasteiger charge is -2.05. The fraction of sp³-hybridized carbons (Fsp3) is 0.143. The van der Waals surface area contributed by atoms with Gasteiger partial charge < -0.3 is 0 Å². The van der Waals surface area contributed by atoms with E-state index in [1.807, 2.05) is 4.72 Å². The van der Waals surface area contributed by atoms with Crippen LogP contribution in [0.15, 0.2) is 18.2 Å². The predicted octanol–water partition coefficient (Wildman–Crippen LogP) is 1.86. The minimum absolute atomic E-state index is 0.273. The van der Waals surface area contributed by atoms with E-state index >= 15 is 0 Å². The van der Waals surface area contributed by atoms with Gasteiger partial charge in [0.15, 0.2) is 0 Å². The zero-order valence-electron chi connectivity index (χ0n) is 6.78. The minimum atomic E-state index is -4.23. The molecule has 0 fully saturated rings. The van der Waals surface area contributed by atoms with E-state index < -0.39 is 10.3 Å². The molecule has 0 heterocycles. The second-order valence-corrected chi connectivity index (χ2v) is 4.13. The van der Waals surface area contributed by atoms with E-state index in [-0.39, 0.29) is 5.69 Å². The topological polar surface area (TPSA) is 66.4 Å². The van der Waals surface area contributed by atoms with Crippen molar-refractivity contribution in [3.63, 3.8) is 0 Å². The first-order valence-corrected chi connectivity index (χ1v) is 5.22. The van der Waals surface area contributed by atoms with Crippen LogP contribution >= 0.6 is 11.6 Å². The zero-order valence-corrected chi connectivity index (χ0v) is 8.35. The van der Waals surface area contributed by atoms with E-state index in [1.165, 1.54) is 6.07 Å². The molecular weight excluding hydrogens is 214 g/mol. The fourth-order valence-corrected chi connectivity index (χ4v) is 1.51. The normalized spacial score (nSPS) is 11.3. The van der Waals surface area contributed by atoms with Crippen LogP contribution < -0.4 is 4.72 Å². The Balaban J connectivity index is 3.08. The van der Waals surface area contributed by atoms with Crippen LogP contribution in [-0.2, 0) is 10.3 Å². The summed E-state index contributed by atoms with van der Waals surface area (Å²) in [5.41, 5.74) is 0.956. The summed E-state index contributed by atoms with van der Waals surface area (Å²) in [6.45, 7) is 1.70. The Labute approximate surface area is 81.4 Å². The number of hydrogen-bond acceptors (Lipinski definition) is 2. The van der Waals surface area contributed by atoms with Gasteiger partial charge in [0.05, 0.1) is 5.69 Å². The highest BCUT2D eigenvalue weighted by atomic mass is 35.5. The number of hydrogen-bond donors (Lipinski definition) is 2. The van der Waals surface area contributed by atoms with Gasteiger partial charge in [-0.1, -0.05) is 17.7 Å². The zero-order chi connectivity index (χ0) is 10.1. The van der Waals surface area contributed by atoms with Crippen molar-refractivity contribution in [2.45, 2.75) is 6.92 Å². The first kappa shape index (κ1) is 10.3. The van der Waals surface area contributed by atoms with Crippen molar-refractivity contribution in [1.82, 2.24) is 0 Å². The third-order valence-electron chi connectivity index (χ3n) is 1.44. The lowest BCUT2D eigenvalue weighted by Crippen LogP contribution is -2.11. The third-order valence-corrected chi connectivity index (χ3v) is 2.15. The summed E-state index contributed by atoms with van der Waals surface area (Å²) < 4.78 is 31.4. The largest absolute Gasteiger partial charge is 0.357 e. The monoisotopic (exact) mass is 221 g/mol. The summed E-state index contributed by atoms with van der Waals surface area (Å²) in [5.74, 6) is 0. The highest BCUT2D eigenvalue weighted by Gasteiger charge is 2.06. The number of nitrogens with one attached hydrogen (secondary N) is 1. The first-order valence-electron chi connectivity index (χ1n) is 3.40. The molecule has 0 saturated heterocycles. The van der Waals surface area contributed by atoms with Gasteiger partial charge in [0.1, 0.15) is 0 Å². The van der Waals surface area contributed by atoms with Crippen molar-refractivity contribution in [2.24, 2.45) is 0 Å². The van der Waals surface area contributed by atoms with Gasteiger partial charge in [0.25, 0.3) is 0 Å². The van der Waals surface area contributed by atoms with Crippen LogP contribution in [0, 0.1) is 6.92 Å². The average Bonchev–Trinajstić information content (AvgIpc) is 1.94. The first-order chi connectivity index (χ1) is 5.88. The van der Waals surface area contributed by atoms with Crippen LogP contribution in [-0.4, -0.2) is 13.0 Å². The maximum atomic E-state index is 10.5. The molecule has 72 valence electrons. The van der Waals surface area contributed by atoms with Crippen LogP contribution in [0.5, 0.6) is 0 Å². The molecule has 2 N–H and O–H groups in total. The summed E-state index contributed by atoms with van der Waals surface area (Å²) in [6.07, 6.45) is 0. The van der Waals surface area contributed by atoms with Gasteiger partial charge in [-0.05, 0) is 24.6 Å². The van der Waals surface area contributed by atoms with Crippen molar-refractivity contribution in [2.75, 3.05) is 4.72 Å². The summed E-state index contributed by atoms with van der Waals surface area (Å²) >= 11 is 5.63. The quantitative estimate of drug-likeness (QED) is 0.750. The molecule has 1 aromatic rings. The molecule has 1 rings (SSSR count). The van der Waals surface area contributed by atoms with Gasteiger partial charge in [0.2, 0.25) is 0 Å². The Morgan fingerprint density at radius 2 is 2.08 bits per heavy atom. The highest BCUT2D eigenvalue weighted by molar-refractivity contribution is 7.87. The molecule has 0 saturated carbocycles. The molecule has 4 nitrogen and oxygen atoms in total. The molecule has 0 amide bonds. The summed E-state index contributed by atoms with van der Waals surface area (Å²) in [4.78, 5) is 0. The van der Waals surface area contributed by atoms with Crippen molar-refractivity contribution < 1.29 is 13.0 Å². The van der Waals surface area contributed by atoms with Gasteiger partial charge >= 0.3 is 10.3 Å². The van der Waals surface area contributed by atoms with E-state index in [4.69, 9.17) is 16.2 Å². The molecule has 1 aromatic carbocycles. The Morgan fingerprint density at radius 1 is 1.46 bits per heavy atom. The number of anilines is 1. The molecule has 0 bridgehead atoms. The lowest BCUT2D eigenvalue weighted by molar-refractivity contribution is 0.489. The highest BCUT2D eigenvalue weighted by Crippen LogP contribution is 2.20. The second-order valence-electron chi connectivity index (χ2n) is 2.54. The number of halogens is 1. The number of rotatable bonds is 2. The van der Waals surface area contributed by atoms with Gasteiger partial charge in [-0.25, -0.2) is 0 Å². The van der Waals surface area contributed by atoms with Gasteiger partial charge in [-0.15, -0.1) is 0 Å². The maximum Gasteiger partial charge on any atom is 0.357 e. The van der Waals surface area contributed by atoms with Crippen LogP contribution in [0.4, 0.5) is 5.69 Å². The molecule has 0 radical (unpaired) electrons.